The summed E-state index contributed by atoms with van der Waals surface area (Å²) in [5.41, 5.74) is 2.65. The summed E-state index contributed by atoms with van der Waals surface area (Å²) in [5.74, 6) is 0. The Morgan fingerprint density at radius 3 is 2.08 bits per heavy atom. The van der Waals surface area contributed by atoms with Gasteiger partial charge in [-0.1, -0.05) is 18.2 Å². The van der Waals surface area contributed by atoms with Gasteiger partial charge in [0, 0.05) is 0 Å². The number of rotatable bonds is 3. The molecule has 1 aromatic rings. The Morgan fingerprint density at radius 2 is 1.69 bits per heavy atom. The molecular weight excluding hydrogens is 158 g/mol. The Kier molecular flexibility index (Phi) is 2.89. The first kappa shape index (κ1) is 10.0. The molecular formula is C12H18N+. The van der Waals surface area contributed by atoms with Crippen LogP contribution >= 0.6 is 0 Å². The molecule has 0 heterocycles. The van der Waals surface area contributed by atoms with Gasteiger partial charge in [-0.2, -0.15) is 0 Å². The second kappa shape index (κ2) is 3.75. The van der Waals surface area contributed by atoms with E-state index in [1.165, 1.54) is 11.3 Å². The van der Waals surface area contributed by atoms with Crippen molar-refractivity contribution in [2.75, 3.05) is 21.1 Å². The number of nitrogens with zero attached hydrogens (tertiary/aromatic N) is 1. The highest BCUT2D eigenvalue weighted by atomic mass is 15.3. The molecule has 0 fully saturated rings. The topological polar surface area (TPSA) is 0 Å². The van der Waals surface area contributed by atoms with Crippen LogP contribution in [0.4, 0.5) is 5.69 Å². The fraction of sp³-hybridized carbons (Fsp3) is 0.333. The zero-order valence-corrected chi connectivity index (χ0v) is 8.75. The standard InChI is InChI=1S/C12H18N/c1-5-6-11-7-9-12(10-8-11)13(2,3)4/h5,7-10H,1,6H2,2-4H3/q+1. The number of allylic oxidation sites excluding steroid dienone is 1. The van der Waals surface area contributed by atoms with Crippen molar-refractivity contribution in [2.24, 2.45) is 0 Å². The highest BCUT2D eigenvalue weighted by Crippen LogP contribution is 2.17. The molecule has 0 N–H and O–H groups in total. The van der Waals surface area contributed by atoms with Crippen molar-refractivity contribution in [1.82, 2.24) is 4.48 Å². The SMILES string of the molecule is C=CCc1ccc([N+](C)(C)C)cc1. The Bertz CT molecular complexity index is 277. The highest BCUT2D eigenvalue weighted by molar-refractivity contribution is 5.43. The van der Waals surface area contributed by atoms with E-state index < -0.39 is 0 Å². The van der Waals surface area contributed by atoms with E-state index in [0.29, 0.717) is 0 Å². The van der Waals surface area contributed by atoms with Gasteiger partial charge in [0.25, 0.3) is 0 Å². The lowest BCUT2D eigenvalue weighted by molar-refractivity contribution is 0.486. The van der Waals surface area contributed by atoms with Crippen LogP contribution < -0.4 is 4.48 Å². The molecule has 0 aliphatic rings. The summed E-state index contributed by atoms with van der Waals surface area (Å²) in [6.07, 6.45) is 2.89. The fourth-order valence-electron chi connectivity index (χ4n) is 1.25. The molecule has 0 aliphatic heterocycles. The van der Waals surface area contributed by atoms with Crippen LogP contribution in [-0.4, -0.2) is 21.1 Å². The molecule has 0 radical (unpaired) electrons. The second-order valence-electron chi connectivity index (χ2n) is 4.17. The van der Waals surface area contributed by atoms with Gasteiger partial charge in [0.05, 0.1) is 21.1 Å². The first-order valence-corrected chi connectivity index (χ1v) is 4.56. The van der Waals surface area contributed by atoms with Crippen LogP contribution in [0.1, 0.15) is 5.56 Å². The average molecular weight is 176 g/mol. The van der Waals surface area contributed by atoms with Gasteiger partial charge in [-0.05, 0) is 24.1 Å². The molecule has 1 rings (SSSR count). The van der Waals surface area contributed by atoms with Crippen LogP contribution in [-0.2, 0) is 6.42 Å². The van der Waals surface area contributed by atoms with Gasteiger partial charge in [0.1, 0.15) is 5.69 Å². The van der Waals surface area contributed by atoms with E-state index in [9.17, 15) is 0 Å². The molecule has 0 aliphatic carbocycles. The van der Waals surface area contributed by atoms with E-state index in [1.807, 2.05) is 6.08 Å². The summed E-state index contributed by atoms with van der Waals surface area (Å²) >= 11 is 0. The average Bonchev–Trinajstić information content (AvgIpc) is 2.04. The van der Waals surface area contributed by atoms with Crippen molar-refractivity contribution in [3.63, 3.8) is 0 Å². The monoisotopic (exact) mass is 176 g/mol. The van der Waals surface area contributed by atoms with Gasteiger partial charge in [-0.25, -0.2) is 0 Å². The van der Waals surface area contributed by atoms with Crippen LogP contribution in [0, 0.1) is 0 Å². The van der Waals surface area contributed by atoms with E-state index in [4.69, 9.17) is 0 Å². The van der Waals surface area contributed by atoms with Gasteiger partial charge < -0.3 is 0 Å². The van der Waals surface area contributed by atoms with Gasteiger partial charge in [-0.15, -0.1) is 6.58 Å². The number of hydrogen-bond acceptors (Lipinski definition) is 0. The molecule has 1 nitrogen and oxygen atoms in total. The van der Waals surface area contributed by atoms with Gasteiger partial charge >= 0.3 is 0 Å². The summed E-state index contributed by atoms with van der Waals surface area (Å²) in [6, 6.07) is 8.69. The number of benzene rings is 1. The highest BCUT2D eigenvalue weighted by Gasteiger charge is 2.10. The Labute approximate surface area is 80.9 Å². The predicted octanol–water partition coefficient (Wildman–Crippen LogP) is 2.61. The maximum Gasteiger partial charge on any atom is 0.132 e. The maximum absolute atomic E-state index is 3.72. The molecule has 0 saturated heterocycles. The lowest BCUT2D eigenvalue weighted by atomic mass is 10.1. The summed E-state index contributed by atoms with van der Waals surface area (Å²) in [4.78, 5) is 0. The molecule has 0 aromatic heterocycles. The zero-order chi connectivity index (χ0) is 9.90. The summed E-state index contributed by atoms with van der Waals surface area (Å²) < 4.78 is 0.869. The third-order valence-corrected chi connectivity index (χ3v) is 2.09. The third-order valence-electron chi connectivity index (χ3n) is 2.09. The Hall–Kier alpha value is -1.08. The summed E-state index contributed by atoms with van der Waals surface area (Å²) in [7, 11) is 6.51. The first-order chi connectivity index (χ1) is 6.04. The van der Waals surface area contributed by atoms with Crippen molar-refractivity contribution >= 4 is 5.69 Å². The van der Waals surface area contributed by atoms with Gasteiger partial charge in [0.2, 0.25) is 0 Å². The van der Waals surface area contributed by atoms with Gasteiger partial charge in [0.15, 0.2) is 0 Å². The van der Waals surface area contributed by atoms with E-state index in [-0.39, 0.29) is 0 Å². The van der Waals surface area contributed by atoms with Crippen molar-refractivity contribution in [3.8, 4) is 0 Å². The minimum atomic E-state index is 0.869. The minimum absolute atomic E-state index is 0.869. The second-order valence-corrected chi connectivity index (χ2v) is 4.17. The molecule has 0 unspecified atom stereocenters. The minimum Gasteiger partial charge on any atom is -0.298 e. The van der Waals surface area contributed by atoms with Crippen LogP contribution in [0.3, 0.4) is 0 Å². The quantitative estimate of drug-likeness (QED) is 0.490. The molecule has 13 heavy (non-hydrogen) atoms. The van der Waals surface area contributed by atoms with E-state index in [1.54, 1.807) is 0 Å². The van der Waals surface area contributed by atoms with Gasteiger partial charge in [-0.3, -0.25) is 4.48 Å². The molecule has 0 atom stereocenters. The number of hydrogen-bond donors (Lipinski definition) is 0. The summed E-state index contributed by atoms with van der Waals surface area (Å²) in [5, 5.41) is 0. The smallest absolute Gasteiger partial charge is 0.132 e. The normalized spacial score (nSPS) is 11.3. The van der Waals surface area contributed by atoms with E-state index >= 15 is 0 Å². The molecule has 0 spiro atoms. The molecule has 1 aromatic carbocycles. The van der Waals surface area contributed by atoms with Crippen molar-refractivity contribution in [3.05, 3.63) is 42.5 Å². The lowest BCUT2D eigenvalue weighted by Crippen LogP contribution is -2.34. The Balaban J connectivity index is 2.87. The van der Waals surface area contributed by atoms with Crippen molar-refractivity contribution < 1.29 is 0 Å². The molecule has 70 valence electrons. The molecule has 1 heteroatoms. The van der Waals surface area contributed by atoms with Crippen molar-refractivity contribution in [2.45, 2.75) is 6.42 Å². The molecule has 0 bridgehead atoms. The third kappa shape index (κ3) is 2.71. The first-order valence-electron chi connectivity index (χ1n) is 4.56. The largest absolute Gasteiger partial charge is 0.298 e. The summed E-state index contributed by atoms with van der Waals surface area (Å²) in [6.45, 7) is 3.72. The zero-order valence-electron chi connectivity index (χ0n) is 8.75. The maximum atomic E-state index is 3.72. The lowest BCUT2D eigenvalue weighted by Gasteiger charge is -2.23. The van der Waals surface area contributed by atoms with E-state index in [0.717, 1.165) is 10.9 Å². The van der Waals surface area contributed by atoms with Crippen molar-refractivity contribution in [1.29, 1.82) is 0 Å². The number of quaternary nitrogens is 1. The molecule has 0 saturated carbocycles. The Morgan fingerprint density at radius 1 is 1.15 bits per heavy atom. The fourth-order valence-corrected chi connectivity index (χ4v) is 1.25. The van der Waals surface area contributed by atoms with Crippen LogP contribution in [0.2, 0.25) is 0 Å². The molecule has 0 amide bonds. The predicted molar refractivity (Wildman–Crippen MR) is 59.9 cm³/mol. The van der Waals surface area contributed by atoms with Crippen LogP contribution in [0.25, 0.3) is 0 Å². The van der Waals surface area contributed by atoms with Crippen LogP contribution in [0.5, 0.6) is 0 Å². The van der Waals surface area contributed by atoms with Crippen LogP contribution in [0.15, 0.2) is 36.9 Å². The van der Waals surface area contributed by atoms with E-state index in [2.05, 4.69) is 52.0 Å².